The van der Waals surface area contributed by atoms with Crippen molar-refractivity contribution in [3.05, 3.63) is 29.8 Å². The van der Waals surface area contributed by atoms with E-state index in [9.17, 15) is 14.7 Å². The lowest BCUT2D eigenvalue weighted by Crippen LogP contribution is -2.49. The fraction of sp³-hybridized carbons (Fsp3) is 0.467. The molecule has 1 aliphatic heterocycles. The van der Waals surface area contributed by atoms with Gasteiger partial charge in [0.1, 0.15) is 6.04 Å². The number of carboxylic acid groups (broad SMARTS) is 1. The average Bonchev–Trinajstić information content (AvgIpc) is 3.15. The third-order valence-electron chi connectivity index (χ3n) is 4.02. The van der Waals surface area contributed by atoms with Crippen LogP contribution in [0.25, 0.3) is 0 Å². The zero-order valence-corrected chi connectivity index (χ0v) is 11.5. The predicted molar refractivity (Wildman–Crippen MR) is 74.8 cm³/mol. The van der Waals surface area contributed by atoms with E-state index in [0.29, 0.717) is 18.9 Å². The molecule has 20 heavy (non-hydrogen) atoms. The molecule has 0 radical (unpaired) electrons. The van der Waals surface area contributed by atoms with Crippen LogP contribution in [0, 0.1) is 5.92 Å². The highest BCUT2D eigenvalue weighted by Crippen LogP contribution is 2.34. The number of fused-ring (bicyclic) bond motifs is 1. The van der Waals surface area contributed by atoms with E-state index in [1.807, 2.05) is 24.3 Å². The predicted octanol–water partition coefficient (Wildman–Crippen LogP) is 1.96. The van der Waals surface area contributed by atoms with Crippen LogP contribution in [0.3, 0.4) is 0 Å². The number of nitrogens with zero attached hydrogens (tertiary/aromatic N) is 2. The first-order chi connectivity index (χ1) is 9.58. The molecule has 2 amide bonds. The minimum Gasteiger partial charge on any atom is -0.480 e. The van der Waals surface area contributed by atoms with Crippen molar-refractivity contribution in [3.63, 3.8) is 0 Å². The Kier molecular flexibility index (Phi) is 3.12. The molecule has 5 nitrogen and oxygen atoms in total. The van der Waals surface area contributed by atoms with E-state index in [-0.39, 0.29) is 6.03 Å². The second-order valence-corrected chi connectivity index (χ2v) is 5.66. The van der Waals surface area contributed by atoms with Crippen molar-refractivity contribution in [2.24, 2.45) is 5.92 Å². The molecular weight excluding hydrogens is 256 g/mol. The van der Waals surface area contributed by atoms with Crippen molar-refractivity contribution >= 4 is 17.7 Å². The van der Waals surface area contributed by atoms with Gasteiger partial charge in [-0.1, -0.05) is 18.2 Å². The van der Waals surface area contributed by atoms with Crippen molar-refractivity contribution in [3.8, 4) is 0 Å². The normalized spacial score (nSPS) is 20.6. The molecule has 1 heterocycles. The Morgan fingerprint density at radius 2 is 2.05 bits per heavy atom. The number of carbonyl (C=O) groups excluding carboxylic acids is 1. The second-order valence-electron chi connectivity index (χ2n) is 5.66. The summed E-state index contributed by atoms with van der Waals surface area (Å²) in [5.41, 5.74) is 1.65. The second kappa shape index (κ2) is 4.81. The standard InChI is InChI=1S/C15H18N2O3/c1-16(9-10-6-7-10)15(20)17-12-5-3-2-4-11(12)8-13(17)14(18)19/h2-5,10,13H,6-9H2,1H3,(H,18,19). The van der Waals surface area contributed by atoms with Gasteiger partial charge < -0.3 is 10.0 Å². The van der Waals surface area contributed by atoms with Gasteiger partial charge in [0.15, 0.2) is 0 Å². The largest absolute Gasteiger partial charge is 0.480 e. The highest BCUT2D eigenvalue weighted by atomic mass is 16.4. The first kappa shape index (κ1) is 13.0. The molecule has 1 aromatic carbocycles. The van der Waals surface area contributed by atoms with E-state index >= 15 is 0 Å². The van der Waals surface area contributed by atoms with Crippen molar-refractivity contribution < 1.29 is 14.7 Å². The molecule has 1 N–H and O–H groups in total. The zero-order valence-electron chi connectivity index (χ0n) is 11.5. The lowest BCUT2D eigenvalue weighted by molar-refractivity contribution is -0.138. The average molecular weight is 274 g/mol. The summed E-state index contributed by atoms with van der Waals surface area (Å²) in [6.45, 7) is 0.712. The Balaban J connectivity index is 1.87. The molecule has 5 heteroatoms. The van der Waals surface area contributed by atoms with Gasteiger partial charge in [-0.2, -0.15) is 0 Å². The van der Waals surface area contributed by atoms with Crippen LogP contribution in [0.1, 0.15) is 18.4 Å². The van der Waals surface area contributed by atoms with Crippen molar-refractivity contribution in [2.45, 2.75) is 25.3 Å². The summed E-state index contributed by atoms with van der Waals surface area (Å²) in [6.07, 6.45) is 2.71. The zero-order chi connectivity index (χ0) is 14.3. The number of urea groups is 1. The van der Waals surface area contributed by atoms with Gasteiger partial charge in [-0.05, 0) is 30.4 Å². The number of carbonyl (C=O) groups is 2. The van der Waals surface area contributed by atoms with Gasteiger partial charge in [0.2, 0.25) is 0 Å². The van der Waals surface area contributed by atoms with Crippen molar-refractivity contribution in [1.82, 2.24) is 4.90 Å². The van der Waals surface area contributed by atoms with E-state index in [2.05, 4.69) is 0 Å². The maximum Gasteiger partial charge on any atom is 0.327 e. The van der Waals surface area contributed by atoms with Gasteiger partial charge in [0, 0.05) is 25.7 Å². The molecule has 1 aromatic rings. The van der Waals surface area contributed by atoms with Gasteiger partial charge in [-0.25, -0.2) is 9.59 Å². The van der Waals surface area contributed by atoms with Crippen molar-refractivity contribution in [1.29, 1.82) is 0 Å². The van der Waals surface area contributed by atoms with Crippen LogP contribution < -0.4 is 4.90 Å². The Hall–Kier alpha value is -2.04. The number of carboxylic acids is 1. The third kappa shape index (κ3) is 2.24. The maximum absolute atomic E-state index is 12.6. The summed E-state index contributed by atoms with van der Waals surface area (Å²) in [5, 5.41) is 9.37. The molecule has 1 unspecified atom stereocenters. The SMILES string of the molecule is CN(CC1CC1)C(=O)N1c2ccccc2CC1C(=O)O. The molecule has 0 aromatic heterocycles. The molecule has 0 spiro atoms. The van der Waals surface area contributed by atoms with E-state index < -0.39 is 12.0 Å². The van der Waals surface area contributed by atoms with Crippen LogP contribution in [-0.4, -0.2) is 41.6 Å². The molecule has 2 aliphatic rings. The summed E-state index contributed by atoms with van der Waals surface area (Å²) in [7, 11) is 1.75. The smallest absolute Gasteiger partial charge is 0.327 e. The Morgan fingerprint density at radius 1 is 1.35 bits per heavy atom. The highest BCUT2D eigenvalue weighted by molar-refractivity contribution is 6.00. The molecule has 1 saturated carbocycles. The van der Waals surface area contributed by atoms with E-state index in [0.717, 1.165) is 24.1 Å². The maximum atomic E-state index is 12.6. The lowest BCUT2D eigenvalue weighted by Gasteiger charge is -2.28. The van der Waals surface area contributed by atoms with Gasteiger partial charge in [0.25, 0.3) is 0 Å². The van der Waals surface area contributed by atoms with E-state index in [4.69, 9.17) is 0 Å². The first-order valence-corrected chi connectivity index (χ1v) is 6.93. The number of amides is 2. The third-order valence-corrected chi connectivity index (χ3v) is 4.02. The quantitative estimate of drug-likeness (QED) is 0.916. The molecule has 3 rings (SSSR count). The molecule has 1 atom stereocenters. The van der Waals surface area contributed by atoms with Crippen LogP contribution in [0.4, 0.5) is 10.5 Å². The van der Waals surface area contributed by atoms with Gasteiger partial charge in [0.05, 0.1) is 0 Å². The fourth-order valence-corrected chi connectivity index (χ4v) is 2.77. The number of rotatable bonds is 3. The topological polar surface area (TPSA) is 60.9 Å². The first-order valence-electron chi connectivity index (χ1n) is 6.93. The van der Waals surface area contributed by atoms with Crippen LogP contribution >= 0.6 is 0 Å². The van der Waals surface area contributed by atoms with Gasteiger partial charge in [-0.15, -0.1) is 0 Å². The summed E-state index contributed by atoms with van der Waals surface area (Å²) in [5.74, 6) is -0.362. The van der Waals surface area contributed by atoms with Crippen LogP contribution in [-0.2, 0) is 11.2 Å². The van der Waals surface area contributed by atoms with Crippen LogP contribution in [0.2, 0.25) is 0 Å². The van der Waals surface area contributed by atoms with E-state index in [1.54, 1.807) is 11.9 Å². The minimum atomic E-state index is -0.950. The van der Waals surface area contributed by atoms with Gasteiger partial charge in [-0.3, -0.25) is 4.90 Å². The number of benzene rings is 1. The number of para-hydroxylation sites is 1. The molecule has 1 aliphatic carbocycles. The molecule has 106 valence electrons. The lowest BCUT2D eigenvalue weighted by atomic mass is 10.1. The molecule has 0 saturated heterocycles. The summed E-state index contributed by atoms with van der Waals surface area (Å²) >= 11 is 0. The monoisotopic (exact) mass is 274 g/mol. The Bertz CT molecular complexity index is 554. The van der Waals surface area contributed by atoms with Crippen LogP contribution in [0.15, 0.2) is 24.3 Å². The summed E-state index contributed by atoms with van der Waals surface area (Å²) in [4.78, 5) is 27.1. The number of aliphatic carboxylic acids is 1. The fourth-order valence-electron chi connectivity index (χ4n) is 2.77. The number of hydrogen-bond donors (Lipinski definition) is 1. The van der Waals surface area contributed by atoms with Crippen molar-refractivity contribution in [2.75, 3.05) is 18.5 Å². The Labute approximate surface area is 117 Å². The molecule has 0 bridgehead atoms. The number of hydrogen-bond acceptors (Lipinski definition) is 2. The highest BCUT2D eigenvalue weighted by Gasteiger charge is 2.40. The minimum absolute atomic E-state index is 0.214. The summed E-state index contributed by atoms with van der Waals surface area (Å²) in [6, 6.07) is 6.42. The van der Waals surface area contributed by atoms with Gasteiger partial charge >= 0.3 is 12.0 Å². The summed E-state index contributed by atoms with van der Waals surface area (Å²) < 4.78 is 0. The van der Waals surface area contributed by atoms with E-state index in [1.165, 1.54) is 4.90 Å². The Morgan fingerprint density at radius 3 is 2.70 bits per heavy atom. The molecular formula is C15H18N2O3. The number of anilines is 1. The van der Waals surface area contributed by atoms with Crippen LogP contribution in [0.5, 0.6) is 0 Å². The molecule has 1 fully saturated rings.